The molecule has 0 aromatic heterocycles. The molecule has 0 bridgehead atoms. The highest BCUT2D eigenvalue weighted by atomic mass is 16.4. The van der Waals surface area contributed by atoms with Crippen LogP contribution in [-0.4, -0.2) is 22.2 Å². The van der Waals surface area contributed by atoms with Crippen LogP contribution in [0.15, 0.2) is 30.3 Å². The second-order valence-corrected chi connectivity index (χ2v) is 2.40. The van der Waals surface area contributed by atoms with Gasteiger partial charge in [0.15, 0.2) is 0 Å². The van der Waals surface area contributed by atoms with Crippen LogP contribution in [0, 0.1) is 11.3 Å². The topological polar surface area (TPSA) is 98.4 Å². The number of nitriles is 1. The number of rotatable bonds is 2. The molecule has 0 saturated carbocycles. The van der Waals surface area contributed by atoms with Crippen molar-refractivity contribution in [3.05, 3.63) is 35.9 Å². The van der Waals surface area contributed by atoms with Crippen LogP contribution in [0.25, 0.3) is 0 Å². The first-order valence-corrected chi connectivity index (χ1v) is 3.95. The lowest BCUT2D eigenvalue weighted by Crippen LogP contribution is -1.93. The molecule has 5 heteroatoms. The summed E-state index contributed by atoms with van der Waals surface area (Å²) >= 11 is 0. The summed E-state index contributed by atoms with van der Waals surface area (Å²) < 4.78 is 0. The van der Waals surface area contributed by atoms with Gasteiger partial charge in [0.05, 0.1) is 11.6 Å². The SMILES string of the molecule is N#CCC(=O)O.O=C(O)c1ccccc1. The summed E-state index contributed by atoms with van der Waals surface area (Å²) in [5.74, 6) is -1.95. The summed E-state index contributed by atoms with van der Waals surface area (Å²) in [6.45, 7) is 0. The molecule has 5 nitrogen and oxygen atoms in total. The second-order valence-electron chi connectivity index (χ2n) is 2.40. The number of benzene rings is 1. The van der Waals surface area contributed by atoms with Gasteiger partial charge in [-0.3, -0.25) is 4.79 Å². The van der Waals surface area contributed by atoms with Gasteiger partial charge in [-0.25, -0.2) is 4.79 Å². The molecule has 0 amide bonds. The van der Waals surface area contributed by atoms with E-state index < -0.39 is 18.4 Å². The van der Waals surface area contributed by atoms with Crippen LogP contribution < -0.4 is 0 Å². The van der Waals surface area contributed by atoms with E-state index >= 15 is 0 Å². The molecule has 0 unspecified atom stereocenters. The Bertz CT molecular complexity index is 367. The summed E-state index contributed by atoms with van der Waals surface area (Å²) in [5.41, 5.74) is 0.331. The van der Waals surface area contributed by atoms with Gasteiger partial charge in [-0.15, -0.1) is 0 Å². The van der Waals surface area contributed by atoms with Crippen molar-refractivity contribution in [1.82, 2.24) is 0 Å². The second kappa shape index (κ2) is 7.09. The monoisotopic (exact) mass is 207 g/mol. The van der Waals surface area contributed by atoms with E-state index in [1.54, 1.807) is 30.3 Å². The highest BCUT2D eigenvalue weighted by Crippen LogP contribution is 1.96. The summed E-state index contributed by atoms with van der Waals surface area (Å²) in [5, 5.41) is 23.7. The molecule has 0 fully saturated rings. The minimum Gasteiger partial charge on any atom is -0.480 e. The zero-order valence-electron chi connectivity index (χ0n) is 7.75. The molecule has 0 heterocycles. The predicted octanol–water partition coefficient (Wildman–Crippen LogP) is 1.37. The van der Waals surface area contributed by atoms with Gasteiger partial charge in [-0.05, 0) is 12.1 Å². The maximum atomic E-state index is 10.2. The van der Waals surface area contributed by atoms with Gasteiger partial charge in [0.25, 0.3) is 0 Å². The highest BCUT2D eigenvalue weighted by molar-refractivity contribution is 5.87. The zero-order valence-corrected chi connectivity index (χ0v) is 7.75. The van der Waals surface area contributed by atoms with Crippen molar-refractivity contribution in [3.63, 3.8) is 0 Å². The van der Waals surface area contributed by atoms with Crippen LogP contribution >= 0.6 is 0 Å². The van der Waals surface area contributed by atoms with Crippen LogP contribution in [0.4, 0.5) is 0 Å². The number of aromatic carboxylic acids is 1. The fourth-order valence-corrected chi connectivity index (χ4v) is 0.648. The van der Waals surface area contributed by atoms with Gasteiger partial charge in [0, 0.05) is 0 Å². The van der Waals surface area contributed by atoms with E-state index in [0.29, 0.717) is 5.56 Å². The molecule has 0 aliphatic rings. The van der Waals surface area contributed by atoms with Crippen LogP contribution in [-0.2, 0) is 4.79 Å². The lowest BCUT2D eigenvalue weighted by atomic mass is 10.2. The third-order valence-corrected chi connectivity index (χ3v) is 1.25. The van der Waals surface area contributed by atoms with Gasteiger partial charge in [0.2, 0.25) is 0 Å². The number of hydrogen-bond donors (Lipinski definition) is 2. The van der Waals surface area contributed by atoms with Crippen LogP contribution in [0.1, 0.15) is 16.8 Å². The van der Waals surface area contributed by atoms with Gasteiger partial charge in [-0.2, -0.15) is 5.26 Å². The van der Waals surface area contributed by atoms with Gasteiger partial charge < -0.3 is 10.2 Å². The number of carboxylic acid groups (broad SMARTS) is 2. The van der Waals surface area contributed by atoms with Gasteiger partial charge in [0.1, 0.15) is 6.42 Å². The van der Waals surface area contributed by atoms with E-state index in [4.69, 9.17) is 15.5 Å². The first kappa shape index (κ1) is 12.7. The molecule has 0 spiro atoms. The fourth-order valence-electron chi connectivity index (χ4n) is 0.648. The minimum absolute atomic E-state index is 0.331. The van der Waals surface area contributed by atoms with Crippen LogP contribution in [0.3, 0.4) is 0 Å². The molecule has 0 aliphatic heterocycles. The zero-order chi connectivity index (χ0) is 11.7. The molecule has 0 saturated heterocycles. The number of carboxylic acids is 2. The normalized spacial score (nSPS) is 7.93. The first-order chi connectivity index (χ1) is 7.07. The fraction of sp³-hybridized carbons (Fsp3) is 0.100. The van der Waals surface area contributed by atoms with E-state index in [-0.39, 0.29) is 0 Å². The Hall–Kier alpha value is -2.35. The van der Waals surface area contributed by atoms with E-state index in [0.717, 1.165) is 0 Å². The maximum Gasteiger partial charge on any atom is 0.335 e. The average molecular weight is 207 g/mol. The van der Waals surface area contributed by atoms with E-state index in [9.17, 15) is 9.59 Å². The quantitative estimate of drug-likeness (QED) is 0.763. The number of carbonyl (C=O) groups is 2. The predicted molar refractivity (Wildman–Crippen MR) is 51.3 cm³/mol. The summed E-state index contributed by atoms with van der Waals surface area (Å²) in [6.07, 6.45) is -0.403. The van der Waals surface area contributed by atoms with E-state index in [2.05, 4.69) is 0 Å². The van der Waals surface area contributed by atoms with Crippen molar-refractivity contribution in [2.75, 3.05) is 0 Å². The van der Waals surface area contributed by atoms with Crippen molar-refractivity contribution in [3.8, 4) is 6.07 Å². The Labute approximate surface area is 86.2 Å². The summed E-state index contributed by atoms with van der Waals surface area (Å²) in [6, 6.07) is 9.76. The Morgan fingerprint density at radius 2 is 1.73 bits per heavy atom. The summed E-state index contributed by atoms with van der Waals surface area (Å²) in [4.78, 5) is 19.6. The molecule has 1 aromatic rings. The van der Waals surface area contributed by atoms with Crippen molar-refractivity contribution >= 4 is 11.9 Å². The van der Waals surface area contributed by atoms with Gasteiger partial charge in [-0.1, -0.05) is 18.2 Å². The van der Waals surface area contributed by atoms with Crippen LogP contribution in [0.2, 0.25) is 0 Å². The molecule has 2 N–H and O–H groups in total. The van der Waals surface area contributed by atoms with E-state index in [1.165, 1.54) is 6.07 Å². The molecule has 15 heavy (non-hydrogen) atoms. The largest absolute Gasteiger partial charge is 0.480 e. The molecule has 78 valence electrons. The highest BCUT2D eigenvalue weighted by Gasteiger charge is 1.96. The third kappa shape index (κ3) is 6.78. The minimum atomic E-state index is -1.07. The molecule has 0 aliphatic carbocycles. The van der Waals surface area contributed by atoms with Crippen molar-refractivity contribution < 1.29 is 19.8 Å². The molecular formula is C10H9NO4. The Kier molecular flexibility index (Phi) is 5.98. The summed E-state index contributed by atoms with van der Waals surface area (Å²) in [7, 11) is 0. The Morgan fingerprint density at radius 3 is 1.93 bits per heavy atom. The Morgan fingerprint density at radius 1 is 1.20 bits per heavy atom. The Balaban J connectivity index is 0.000000288. The molecule has 1 rings (SSSR count). The molecule has 0 atom stereocenters. The number of aliphatic carboxylic acids is 1. The maximum absolute atomic E-state index is 10.2. The van der Waals surface area contributed by atoms with E-state index in [1.807, 2.05) is 0 Å². The van der Waals surface area contributed by atoms with Crippen molar-refractivity contribution in [2.45, 2.75) is 6.42 Å². The lowest BCUT2D eigenvalue weighted by molar-refractivity contribution is -0.135. The molecule has 0 radical (unpaired) electrons. The van der Waals surface area contributed by atoms with Crippen molar-refractivity contribution in [2.24, 2.45) is 0 Å². The lowest BCUT2D eigenvalue weighted by Gasteiger charge is -1.88. The first-order valence-electron chi connectivity index (χ1n) is 3.95. The molecular weight excluding hydrogens is 198 g/mol. The smallest absolute Gasteiger partial charge is 0.335 e. The third-order valence-electron chi connectivity index (χ3n) is 1.25. The average Bonchev–Trinajstić information content (AvgIpc) is 2.20. The molecule has 1 aromatic carbocycles. The number of nitrogens with zero attached hydrogens (tertiary/aromatic N) is 1. The standard InChI is InChI=1S/C7H6O2.C3H3NO2/c8-7(9)6-4-2-1-3-5-6;4-2-1-3(5)6/h1-5H,(H,8,9);1H2,(H,5,6). The van der Waals surface area contributed by atoms with Crippen LogP contribution in [0.5, 0.6) is 0 Å². The van der Waals surface area contributed by atoms with Crippen molar-refractivity contribution in [1.29, 1.82) is 5.26 Å². The number of hydrogen-bond acceptors (Lipinski definition) is 3. The van der Waals surface area contributed by atoms with Gasteiger partial charge >= 0.3 is 11.9 Å².